The Labute approximate surface area is 153 Å². The zero-order valence-electron chi connectivity index (χ0n) is 15.1. The SMILES string of the molecule is CCNc1cc(C)nc(N2CCN(C(=O)c3cccc(C#N)c3)CC2)n1. The molecule has 1 amide bonds. The Bertz CT molecular complexity index is 836. The number of aromatic nitrogens is 2. The Kier molecular flexibility index (Phi) is 5.32. The van der Waals surface area contributed by atoms with Crippen molar-refractivity contribution in [2.75, 3.05) is 42.9 Å². The van der Waals surface area contributed by atoms with Crippen LogP contribution in [0.15, 0.2) is 30.3 Å². The van der Waals surface area contributed by atoms with Crippen molar-refractivity contribution in [2.24, 2.45) is 0 Å². The van der Waals surface area contributed by atoms with E-state index in [-0.39, 0.29) is 5.91 Å². The summed E-state index contributed by atoms with van der Waals surface area (Å²) >= 11 is 0. The summed E-state index contributed by atoms with van der Waals surface area (Å²) < 4.78 is 0. The van der Waals surface area contributed by atoms with Gasteiger partial charge >= 0.3 is 0 Å². The molecule has 3 rings (SSSR count). The van der Waals surface area contributed by atoms with Gasteiger partial charge in [0.1, 0.15) is 5.82 Å². The summed E-state index contributed by atoms with van der Waals surface area (Å²) in [6.45, 7) is 7.35. The van der Waals surface area contributed by atoms with Crippen LogP contribution in [0.25, 0.3) is 0 Å². The molecule has 1 aromatic carbocycles. The van der Waals surface area contributed by atoms with Crippen molar-refractivity contribution < 1.29 is 4.79 Å². The molecule has 1 fully saturated rings. The lowest BCUT2D eigenvalue weighted by atomic mass is 10.1. The topological polar surface area (TPSA) is 85.2 Å². The molecule has 26 heavy (non-hydrogen) atoms. The van der Waals surface area contributed by atoms with Gasteiger partial charge in [-0.15, -0.1) is 0 Å². The lowest BCUT2D eigenvalue weighted by Gasteiger charge is -2.35. The highest BCUT2D eigenvalue weighted by atomic mass is 16.2. The number of nitriles is 1. The first-order chi connectivity index (χ1) is 12.6. The highest BCUT2D eigenvalue weighted by Gasteiger charge is 2.24. The lowest BCUT2D eigenvalue weighted by molar-refractivity contribution is 0.0746. The van der Waals surface area contributed by atoms with Crippen molar-refractivity contribution in [1.29, 1.82) is 5.26 Å². The first-order valence-corrected chi connectivity index (χ1v) is 8.74. The third-order valence-electron chi connectivity index (χ3n) is 4.29. The number of amides is 1. The van der Waals surface area contributed by atoms with Gasteiger partial charge in [-0.2, -0.15) is 10.2 Å². The van der Waals surface area contributed by atoms with Gasteiger partial charge in [-0.3, -0.25) is 4.79 Å². The van der Waals surface area contributed by atoms with Crippen molar-refractivity contribution in [3.05, 3.63) is 47.2 Å². The van der Waals surface area contributed by atoms with Crippen molar-refractivity contribution >= 4 is 17.7 Å². The Balaban J connectivity index is 1.67. The predicted octanol–water partition coefficient (Wildman–Crippen LogP) is 2.05. The highest BCUT2D eigenvalue weighted by molar-refractivity contribution is 5.94. The summed E-state index contributed by atoms with van der Waals surface area (Å²) in [6, 6.07) is 10.8. The van der Waals surface area contributed by atoms with Crippen molar-refractivity contribution in [3.63, 3.8) is 0 Å². The fourth-order valence-corrected chi connectivity index (χ4v) is 2.98. The van der Waals surface area contributed by atoms with Crippen LogP contribution in [0.5, 0.6) is 0 Å². The van der Waals surface area contributed by atoms with E-state index >= 15 is 0 Å². The zero-order chi connectivity index (χ0) is 18.5. The zero-order valence-corrected chi connectivity index (χ0v) is 15.1. The molecule has 0 atom stereocenters. The second-order valence-electron chi connectivity index (χ2n) is 6.20. The maximum Gasteiger partial charge on any atom is 0.254 e. The largest absolute Gasteiger partial charge is 0.370 e. The van der Waals surface area contributed by atoms with Crippen molar-refractivity contribution in [2.45, 2.75) is 13.8 Å². The number of benzene rings is 1. The number of anilines is 2. The van der Waals surface area contributed by atoms with Gasteiger partial charge in [0, 0.05) is 50.0 Å². The maximum absolute atomic E-state index is 12.7. The molecular formula is C19H22N6O. The van der Waals surface area contributed by atoms with Gasteiger partial charge in [0.15, 0.2) is 0 Å². The van der Waals surface area contributed by atoms with E-state index in [0.29, 0.717) is 43.3 Å². The number of aryl methyl sites for hydroxylation is 1. The minimum atomic E-state index is -0.0414. The Morgan fingerprint density at radius 3 is 2.69 bits per heavy atom. The van der Waals surface area contributed by atoms with E-state index in [4.69, 9.17) is 5.26 Å². The van der Waals surface area contributed by atoms with Gasteiger partial charge in [0.2, 0.25) is 5.95 Å². The summed E-state index contributed by atoms with van der Waals surface area (Å²) in [5.41, 5.74) is 1.97. The summed E-state index contributed by atoms with van der Waals surface area (Å²) in [5, 5.41) is 12.2. The van der Waals surface area contributed by atoms with Crippen LogP contribution in [0.3, 0.4) is 0 Å². The molecule has 1 N–H and O–H groups in total. The molecule has 0 radical (unpaired) electrons. The molecule has 2 heterocycles. The average Bonchev–Trinajstić information content (AvgIpc) is 2.67. The van der Waals surface area contributed by atoms with E-state index in [1.54, 1.807) is 24.3 Å². The molecule has 7 nitrogen and oxygen atoms in total. The van der Waals surface area contributed by atoms with E-state index in [0.717, 1.165) is 18.1 Å². The molecule has 0 spiro atoms. The van der Waals surface area contributed by atoms with Crippen LogP contribution >= 0.6 is 0 Å². The Morgan fingerprint density at radius 1 is 1.23 bits per heavy atom. The van der Waals surface area contributed by atoms with Crippen LogP contribution in [0.4, 0.5) is 11.8 Å². The van der Waals surface area contributed by atoms with Crippen LogP contribution in [-0.2, 0) is 0 Å². The number of piperazine rings is 1. The van der Waals surface area contributed by atoms with Gasteiger partial charge in [0.25, 0.3) is 5.91 Å². The van der Waals surface area contributed by atoms with E-state index in [1.165, 1.54) is 0 Å². The standard InChI is InChI=1S/C19H22N6O/c1-3-21-17-11-14(2)22-19(23-17)25-9-7-24(8-10-25)18(26)16-6-4-5-15(12-16)13-20/h4-6,11-12H,3,7-10H2,1-2H3,(H,21,22,23). The molecule has 1 aromatic heterocycles. The monoisotopic (exact) mass is 350 g/mol. The van der Waals surface area contributed by atoms with Gasteiger partial charge < -0.3 is 15.1 Å². The summed E-state index contributed by atoms with van der Waals surface area (Å²) in [4.78, 5) is 25.7. The molecule has 0 bridgehead atoms. The fraction of sp³-hybridized carbons (Fsp3) is 0.368. The number of carbonyl (C=O) groups is 1. The van der Waals surface area contributed by atoms with Crippen LogP contribution in [-0.4, -0.2) is 53.5 Å². The molecule has 1 saturated heterocycles. The molecular weight excluding hydrogens is 328 g/mol. The van der Waals surface area contributed by atoms with Crippen LogP contribution < -0.4 is 10.2 Å². The summed E-state index contributed by atoms with van der Waals surface area (Å²) in [7, 11) is 0. The molecule has 1 aliphatic rings. The number of carbonyl (C=O) groups excluding carboxylic acids is 1. The minimum Gasteiger partial charge on any atom is -0.370 e. The fourth-order valence-electron chi connectivity index (χ4n) is 2.98. The summed E-state index contributed by atoms with van der Waals surface area (Å²) in [6.07, 6.45) is 0. The number of nitrogens with zero attached hydrogens (tertiary/aromatic N) is 5. The van der Waals surface area contributed by atoms with Gasteiger partial charge in [-0.1, -0.05) is 6.07 Å². The first-order valence-electron chi connectivity index (χ1n) is 8.74. The van der Waals surface area contributed by atoms with Crippen LogP contribution in [0.1, 0.15) is 28.5 Å². The molecule has 1 aliphatic heterocycles. The summed E-state index contributed by atoms with van der Waals surface area (Å²) in [5.74, 6) is 1.47. The second-order valence-corrected chi connectivity index (χ2v) is 6.20. The van der Waals surface area contributed by atoms with E-state index in [9.17, 15) is 4.79 Å². The first kappa shape index (κ1) is 17.7. The van der Waals surface area contributed by atoms with Crippen molar-refractivity contribution in [1.82, 2.24) is 14.9 Å². The molecule has 0 aliphatic carbocycles. The second kappa shape index (κ2) is 7.83. The van der Waals surface area contributed by atoms with E-state index in [1.807, 2.05) is 24.8 Å². The van der Waals surface area contributed by atoms with Gasteiger partial charge in [-0.25, -0.2) is 4.98 Å². The number of hydrogen-bond acceptors (Lipinski definition) is 6. The molecule has 2 aromatic rings. The molecule has 134 valence electrons. The maximum atomic E-state index is 12.7. The third kappa shape index (κ3) is 3.91. The normalized spacial score (nSPS) is 14.0. The van der Waals surface area contributed by atoms with E-state index in [2.05, 4.69) is 26.3 Å². The smallest absolute Gasteiger partial charge is 0.254 e. The molecule has 7 heteroatoms. The number of nitrogens with one attached hydrogen (secondary N) is 1. The van der Waals surface area contributed by atoms with Crippen LogP contribution in [0, 0.1) is 18.3 Å². The van der Waals surface area contributed by atoms with Gasteiger partial charge in [-0.05, 0) is 32.0 Å². The van der Waals surface area contributed by atoms with Gasteiger partial charge in [0.05, 0.1) is 11.6 Å². The number of rotatable bonds is 4. The molecule has 0 saturated carbocycles. The third-order valence-corrected chi connectivity index (χ3v) is 4.29. The predicted molar refractivity (Wildman–Crippen MR) is 100 cm³/mol. The number of hydrogen-bond donors (Lipinski definition) is 1. The van der Waals surface area contributed by atoms with Crippen molar-refractivity contribution in [3.8, 4) is 6.07 Å². The van der Waals surface area contributed by atoms with Crippen LogP contribution in [0.2, 0.25) is 0 Å². The molecule has 0 unspecified atom stereocenters. The Hall–Kier alpha value is -3.14. The lowest BCUT2D eigenvalue weighted by Crippen LogP contribution is -2.49. The quantitative estimate of drug-likeness (QED) is 0.908. The van der Waals surface area contributed by atoms with E-state index < -0.39 is 0 Å². The highest BCUT2D eigenvalue weighted by Crippen LogP contribution is 2.17. The minimum absolute atomic E-state index is 0.0414. The Morgan fingerprint density at radius 2 is 2.00 bits per heavy atom. The average molecular weight is 350 g/mol.